The summed E-state index contributed by atoms with van der Waals surface area (Å²) in [5.74, 6) is -4.53. The Kier molecular flexibility index (Phi) is 5.17. The van der Waals surface area contributed by atoms with Crippen molar-refractivity contribution >= 4 is 34.4 Å². The highest BCUT2D eigenvalue weighted by Crippen LogP contribution is 2.52. The van der Waals surface area contributed by atoms with Crippen molar-refractivity contribution in [3.63, 3.8) is 0 Å². The number of aromatic hydroxyl groups is 1. The number of carbonyl (C=O) groups excluding carboxylic acids is 2. The van der Waals surface area contributed by atoms with Crippen LogP contribution < -0.4 is 10.2 Å². The number of H-pyrrole nitrogens is 1. The van der Waals surface area contributed by atoms with Gasteiger partial charge in [-0.25, -0.2) is 4.90 Å². The molecule has 2 aliphatic heterocycles. The van der Waals surface area contributed by atoms with Crippen molar-refractivity contribution in [3.05, 3.63) is 95.7 Å². The molecule has 4 aromatic rings. The van der Waals surface area contributed by atoms with Gasteiger partial charge in [-0.1, -0.05) is 48.5 Å². The van der Waals surface area contributed by atoms with Crippen molar-refractivity contribution in [3.8, 4) is 5.75 Å². The number of benzene rings is 3. The molecule has 6 rings (SSSR count). The number of para-hydroxylation sites is 2. The van der Waals surface area contributed by atoms with Crippen molar-refractivity contribution in [2.24, 2.45) is 11.8 Å². The van der Waals surface area contributed by atoms with Crippen LogP contribution in [-0.4, -0.2) is 38.5 Å². The number of nitrogens with one attached hydrogen (secondary N) is 2. The van der Waals surface area contributed by atoms with E-state index < -0.39 is 41.2 Å². The highest BCUT2D eigenvalue weighted by Gasteiger charge is 2.69. The van der Waals surface area contributed by atoms with E-state index in [9.17, 15) is 24.6 Å². The molecule has 2 fully saturated rings. The monoisotopic (exact) mass is 495 g/mol. The number of aromatic amines is 1. The average molecular weight is 496 g/mol. The number of phenolic OH excluding ortho intramolecular Hbond substituents is 1. The second-order valence-corrected chi connectivity index (χ2v) is 9.85. The van der Waals surface area contributed by atoms with Crippen LogP contribution in [0.3, 0.4) is 0 Å². The minimum atomic E-state index is -1.78. The van der Waals surface area contributed by atoms with Crippen molar-refractivity contribution in [1.82, 2.24) is 10.3 Å². The second-order valence-electron chi connectivity index (χ2n) is 9.85. The van der Waals surface area contributed by atoms with Gasteiger partial charge in [0.05, 0.1) is 17.5 Å². The Hall–Kier alpha value is -4.43. The smallest absolute Gasteiger partial charge is 0.325 e. The molecule has 3 aromatic carbocycles. The number of rotatable bonds is 5. The quantitative estimate of drug-likeness (QED) is 0.313. The van der Waals surface area contributed by atoms with Crippen LogP contribution in [0.25, 0.3) is 10.9 Å². The van der Waals surface area contributed by atoms with Crippen molar-refractivity contribution < 1.29 is 24.6 Å². The van der Waals surface area contributed by atoms with E-state index in [4.69, 9.17) is 0 Å². The minimum absolute atomic E-state index is 0.0295. The standard InChI is InChI=1S/C29H25N3O5/c1-16-7-6-8-18(13-16)32-26(34)23-24(27(32)35)29(28(36)37,31-25(23)20-10-3-5-12-22(20)33)14-17-15-30-21-11-4-2-9-19(17)21/h2-13,15,23-25,30-31,33H,14H2,1H3,(H,36,37). The Morgan fingerprint density at radius 1 is 1.00 bits per heavy atom. The van der Waals surface area contributed by atoms with Gasteiger partial charge in [-0.05, 0) is 42.3 Å². The van der Waals surface area contributed by atoms with E-state index >= 15 is 0 Å². The molecule has 0 radical (unpaired) electrons. The number of imide groups is 1. The van der Waals surface area contributed by atoms with Gasteiger partial charge in [0, 0.05) is 35.1 Å². The Morgan fingerprint density at radius 2 is 1.76 bits per heavy atom. The number of hydrogen-bond acceptors (Lipinski definition) is 5. The summed E-state index contributed by atoms with van der Waals surface area (Å²) in [7, 11) is 0. The molecule has 0 aliphatic carbocycles. The summed E-state index contributed by atoms with van der Waals surface area (Å²) in [4.78, 5) is 45.3. The van der Waals surface area contributed by atoms with Gasteiger partial charge in [0.1, 0.15) is 11.3 Å². The third-order valence-electron chi connectivity index (χ3n) is 7.71. The summed E-state index contributed by atoms with van der Waals surface area (Å²) in [6.07, 6.45) is 1.72. The average Bonchev–Trinajstić information content (AvgIpc) is 3.52. The zero-order valence-electron chi connectivity index (χ0n) is 20.0. The Morgan fingerprint density at radius 3 is 2.51 bits per heavy atom. The maximum absolute atomic E-state index is 14.0. The number of aromatic nitrogens is 1. The third-order valence-corrected chi connectivity index (χ3v) is 7.71. The van der Waals surface area contributed by atoms with E-state index in [0.29, 0.717) is 11.3 Å². The number of aliphatic carboxylic acids is 1. The van der Waals surface area contributed by atoms with Gasteiger partial charge in [0.2, 0.25) is 11.8 Å². The van der Waals surface area contributed by atoms with Crippen LogP contribution in [0.2, 0.25) is 0 Å². The maximum atomic E-state index is 14.0. The van der Waals surface area contributed by atoms with Gasteiger partial charge in [-0.3, -0.25) is 19.7 Å². The van der Waals surface area contributed by atoms with E-state index in [0.717, 1.165) is 26.9 Å². The lowest BCUT2D eigenvalue weighted by Crippen LogP contribution is -2.57. The fourth-order valence-electron chi connectivity index (χ4n) is 6.06. The summed E-state index contributed by atoms with van der Waals surface area (Å²) in [5.41, 5.74) is 1.44. The summed E-state index contributed by atoms with van der Waals surface area (Å²) in [6, 6.07) is 20.2. The first-order valence-corrected chi connectivity index (χ1v) is 12.1. The Balaban J connectivity index is 1.53. The first-order chi connectivity index (χ1) is 17.8. The predicted molar refractivity (Wildman–Crippen MR) is 137 cm³/mol. The zero-order chi connectivity index (χ0) is 25.9. The van der Waals surface area contributed by atoms with Crippen molar-refractivity contribution in [2.75, 3.05) is 4.90 Å². The molecule has 4 N–H and O–H groups in total. The summed E-state index contributed by atoms with van der Waals surface area (Å²) in [5, 5.41) is 25.4. The van der Waals surface area contributed by atoms with Crippen LogP contribution >= 0.6 is 0 Å². The topological polar surface area (TPSA) is 123 Å². The van der Waals surface area contributed by atoms with E-state index in [-0.39, 0.29) is 12.2 Å². The van der Waals surface area contributed by atoms with Gasteiger partial charge in [-0.2, -0.15) is 0 Å². The molecule has 8 nitrogen and oxygen atoms in total. The van der Waals surface area contributed by atoms with Crippen molar-refractivity contribution in [2.45, 2.75) is 24.9 Å². The number of carboxylic acids is 1. The SMILES string of the molecule is Cc1cccc(N2C(=O)C3C(c4ccccc4O)NC(Cc4c[nH]c5ccccc45)(C(=O)O)C3C2=O)c1. The first-order valence-electron chi connectivity index (χ1n) is 12.1. The molecule has 1 aromatic heterocycles. The molecule has 37 heavy (non-hydrogen) atoms. The molecule has 0 spiro atoms. The molecule has 4 unspecified atom stereocenters. The normalized spacial score (nSPS) is 25.1. The Bertz CT molecular complexity index is 1580. The van der Waals surface area contributed by atoms with Gasteiger partial charge in [0.25, 0.3) is 0 Å². The van der Waals surface area contributed by atoms with Gasteiger partial charge < -0.3 is 15.2 Å². The first kappa shape index (κ1) is 23.0. The van der Waals surface area contributed by atoms with Crippen molar-refractivity contribution in [1.29, 1.82) is 0 Å². The van der Waals surface area contributed by atoms with Crippen LogP contribution in [0.5, 0.6) is 5.75 Å². The van der Waals surface area contributed by atoms with E-state index in [1.54, 1.807) is 42.6 Å². The highest BCUT2D eigenvalue weighted by atomic mass is 16.4. The lowest BCUT2D eigenvalue weighted by molar-refractivity contribution is -0.148. The third kappa shape index (κ3) is 3.37. The Labute approximate surface area is 212 Å². The fraction of sp³-hybridized carbons (Fsp3) is 0.207. The van der Waals surface area contributed by atoms with Gasteiger partial charge in [-0.15, -0.1) is 0 Å². The molecule has 186 valence electrons. The fourth-order valence-corrected chi connectivity index (χ4v) is 6.06. The minimum Gasteiger partial charge on any atom is -0.508 e. The van der Waals surface area contributed by atoms with Gasteiger partial charge in [0.15, 0.2) is 0 Å². The summed E-state index contributed by atoms with van der Waals surface area (Å²) >= 11 is 0. The molecule has 0 bridgehead atoms. The predicted octanol–water partition coefficient (Wildman–Crippen LogP) is 3.70. The number of phenols is 1. The molecule has 2 saturated heterocycles. The highest BCUT2D eigenvalue weighted by molar-refractivity contribution is 6.24. The molecule has 0 saturated carbocycles. The number of hydrogen-bond donors (Lipinski definition) is 4. The van der Waals surface area contributed by atoms with Crippen LogP contribution in [0, 0.1) is 18.8 Å². The number of fused-ring (bicyclic) bond motifs is 2. The number of nitrogens with zero attached hydrogens (tertiary/aromatic N) is 1. The van der Waals surface area contributed by atoms with E-state index in [1.807, 2.05) is 37.3 Å². The van der Waals surface area contributed by atoms with Crippen LogP contribution in [0.1, 0.15) is 22.7 Å². The zero-order valence-corrected chi connectivity index (χ0v) is 20.0. The number of carboxylic acid groups (broad SMARTS) is 1. The van der Waals surface area contributed by atoms with Gasteiger partial charge >= 0.3 is 5.97 Å². The van der Waals surface area contributed by atoms with Crippen LogP contribution in [-0.2, 0) is 20.8 Å². The number of carbonyl (C=O) groups is 3. The summed E-state index contributed by atoms with van der Waals surface area (Å²) in [6.45, 7) is 1.86. The number of amides is 2. The van der Waals surface area contributed by atoms with E-state index in [2.05, 4.69) is 10.3 Å². The van der Waals surface area contributed by atoms with Crippen LogP contribution in [0.15, 0.2) is 79.0 Å². The maximum Gasteiger partial charge on any atom is 0.325 e. The molecular weight excluding hydrogens is 470 g/mol. The molecule has 2 amide bonds. The summed E-state index contributed by atoms with van der Waals surface area (Å²) < 4.78 is 0. The molecular formula is C29H25N3O5. The molecule has 8 heteroatoms. The molecule has 2 aliphatic rings. The number of aryl methyl sites for hydroxylation is 1. The molecule has 4 atom stereocenters. The lowest BCUT2D eigenvalue weighted by Gasteiger charge is -2.31. The molecule has 3 heterocycles. The van der Waals surface area contributed by atoms with Crippen LogP contribution in [0.4, 0.5) is 5.69 Å². The van der Waals surface area contributed by atoms with E-state index in [1.165, 1.54) is 6.07 Å². The number of anilines is 1. The second kappa shape index (κ2) is 8.31. The lowest BCUT2D eigenvalue weighted by atomic mass is 9.76. The largest absolute Gasteiger partial charge is 0.508 e.